The Bertz CT molecular complexity index is 653. The lowest BCUT2D eigenvalue weighted by Crippen LogP contribution is -2.22. The van der Waals surface area contributed by atoms with Gasteiger partial charge >= 0.3 is 0 Å². The maximum Gasteiger partial charge on any atom is 0.157 e. The van der Waals surface area contributed by atoms with E-state index in [-0.39, 0.29) is 12.1 Å². The molecular formula is C16H14Cl2N2S. The van der Waals surface area contributed by atoms with Gasteiger partial charge in [0.05, 0.1) is 6.04 Å². The van der Waals surface area contributed by atoms with Gasteiger partial charge in [0.2, 0.25) is 0 Å². The molecule has 0 amide bonds. The van der Waals surface area contributed by atoms with Crippen molar-refractivity contribution < 1.29 is 0 Å². The van der Waals surface area contributed by atoms with Gasteiger partial charge in [0.15, 0.2) is 5.17 Å². The highest BCUT2D eigenvalue weighted by atomic mass is 35.5. The maximum atomic E-state index is 5.98. The molecule has 1 aliphatic heterocycles. The Hall–Kier alpha value is -1.16. The molecular weight excluding hydrogens is 323 g/mol. The van der Waals surface area contributed by atoms with Gasteiger partial charge in [-0.25, -0.2) is 0 Å². The fraction of sp³-hybridized carbons (Fsp3) is 0.188. The average Bonchev–Trinajstić information content (AvgIpc) is 2.93. The summed E-state index contributed by atoms with van der Waals surface area (Å²) in [5, 5.41) is 5.91. The zero-order valence-electron chi connectivity index (χ0n) is 11.4. The van der Waals surface area contributed by atoms with Crippen LogP contribution in [0.15, 0.2) is 53.5 Å². The fourth-order valence-electron chi connectivity index (χ4n) is 2.42. The number of hydrogen-bond donors (Lipinski definition) is 1. The van der Waals surface area contributed by atoms with Crippen LogP contribution in [0.4, 0.5) is 0 Å². The van der Waals surface area contributed by atoms with E-state index in [9.17, 15) is 0 Å². The van der Waals surface area contributed by atoms with Gasteiger partial charge in [-0.15, -0.1) is 0 Å². The Balaban J connectivity index is 1.95. The van der Waals surface area contributed by atoms with Crippen molar-refractivity contribution in [3.63, 3.8) is 0 Å². The number of rotatable bonds is 2. The number of benzene rings is 2. The van der Waals surface area contributed by atoms with Crippen molar-refractivity contribution in [3.8, 4) is 0 Å². The first-order valence-corrected chi connectivity index (χ1v) is 8.54. The molecule has 0 bridgehead atoms. The fourth-order valence-corrected chi connectivity index (χ4v) is 3.14. The Morgan fingerprint density at radius 1 is 0.905 bits per heavy atom. The van der Waals surface area contributed by atoms with E-state index in [1.807, 2.05) is 54.8 Å². The van der Waals surface area contributed by atoms with E-state index < -0.39 is 0 Å². The molecule has 2 aromatic rings. The predicted octanol–water partition coefficient (Wildman–Crippen LogP) is 5.10. The minimum atomic E-state index is 0.0471. The van der Waals surface area contributed by atoms with Gasteiger partial charge < -0.3 is 5.32 Å². The zero-order valence-corrected chi connectivity index (χ0v) is 13.7. The molecule has 2 atom stereocenters. The van der Waals surface area contributed by atoms with Gasteiger partial charge in [-0.2, -0.15) is 0 Å². The van der Waals surface area contributed by atoms with Crippen molar-refractivity contribution in [2.24, 2.45) is 4.99 Å². The lowest BCUT2D eigenvalue weighted by atomic mass is 9.95. The van der Waals surface area contributed by atoms with E-state index >= 15 is 0 Å². The van der Waals surface area contributed by atoms with E-state index in [0.29, 0.717) is 0 Å². The zero-order chi connectivity index (χ0) is 14.8. The first kappa shape index (κ1) is 14.8. The molecule has 5 heteroatoms. The lowest BCUT2D eigenvalue weighted by Gasteiger charge is -2.19. The Morgan fingerprint density at radius 3 is 1.95 bits per heavy atom. The summed E-state index contributed by atoms with van der Waals surface area (Å²) in [5.74, 6) is 0. The molecule has 2 unspecified atom stereocenters. The summed E-state index contributed by atoms with van der Waals surface area (Å²) in [6.45, 7) is 0. The molecule has 108 valence electrons. The molecule has 0 saturated carbocycles. The number of amidine groups is 1. The van der Waals surface area contributed by atoms with Crippen LogP contribution in [0.3, 0.4) is 0 Å². The number of thioether (sulfide) groups is 1. The highest BCUT2D eigenvalue weighted by Gasteiger charge is 2.30. The van der Waals surface area contributed by atoms with E-state index in [1.165, 1.54) is 5.56 Å². The second-order valence-corrected chi connectivity index (χ2v) is 6.48. The molecule has 0 aromatic heterocycles. The summed E-state index contributed by atoms with van der Waals surface area (Å²) < 4.78 is 0. The van der Waals surface area contributed by atoms with Crippen LogP contribution in [-0.2, 0) is 0 Å². The Kier molecular flexibility index (Phi) is 4.43. The second kappa shape index (κ2) is 6.30. The number of hydrogen-bond acceptors (Lipinski definition) is 3. The predicted molar refractivity (Wildman–Crippen MR) is 92.5 cm³/mol. The highest BCUT2D eigenvalue weighted by Crippen LogP contribution is 2.38. The summed E-state index contributed by atoms with van der Waals surface area (Å²) in [5.41, 5.74) is 2.32. The smallest absolute Gasteiger partial charge is 0.157 e. The van der Waals surface area contributed by atoms with Gasteiger partial charge in [0.1, 0.15) is 6.04 Å². The topological polar surface area (TPSA) is 24.4 Å². The van der Waals surface area contributed by atoms with E-state index in [2.05, 4.69) is 5.32 Å². The maximum absolute atomic E-state index is 5.98. The first-order chi connectivity index (χ1) is 10.2. The van der Waals surface area contributed by atoms with Crippen molar-refractivity contribution in [2.45, 2.75) is 12.1 Å². The molecule has 21 heavy (non-hydrogen) atoms. The quantitative estimate of drug-likeness (QED) is 0.825. The Labute approximate surface area is 138 Å². The van der Waals surface area contributed by atoms with Crippen molar-refractivity contribution in [1.82, 2.24) is 5.32 Å². The van der Waals surface area contributed by atoms with Gasteiger partial charge in [0.25, 0.3) is 0 Å². The van der Waals surface area contributed by atoms with Crippen LogP contribution in [0, 0.1) is 0 Å². The molecule has 1 N–H and O–H groups in total. The van der Waals surface area contributed by atoms with Gasteiger partial charge in [-0.3, -0.25) is 4.99 Å². The third-order valence-electron chi connectivity index (χ3n) is 3.49. The van der Waals surface area contributed by atoms with Crippen LogP contribution in [0.2, 0.25) is 10.0 Å². The Morgan fingerprint density at radius 2 is 1.43 bits per heavy atom. The molecule has 0 aliphatic carbocycles. The van der Waals surface area contributed by atoms with Crippen molar-refractivity contribution in [1.29, 1.82) is 0 Å². The summed E-state index contributed by atoms with van der Waals surface area (Å²) in [7, 11) is 0. The average molecular weight is 337 g/mol. The van der Waals surface area contributed by atoms with Crippen LogP contribution < -0.4 is 5.32 Å². The monoisotopic (exact) mass is 336 g/mol. The summed E-state index contributed by atoms with van der Waals surface area (Å²) in [6.07, 6.45) is 2.02. The van der Waals surface area contributed by atoms with E-state index in [0.717, 1.165) is 20.8 Å². The second-order valence-electron chi connectivity index (χ2n) is 4.81. The van der Waals surface area contributed by atoms with Crippen LogP contribution in [0.25, 0.3) is 0 Å². The number of aliphatic imine (C=N–C) groups is 1. The normalized spacial score (nSPS) is 21.0. The minimum Gasteiger partial charge on any atom is -0.356 e. The van der Waals surface area contributed by atoms with Crippen molar-refractivity contribution in [2.75, 3.05) is 6.26 Å². The van der Waals surface area contributed by atoms with Crippen LogP contribution >= 0.6 is 35.0 Å². The SMILES string of the molecule is CSC1=NC(c2ccc(Cl)cc2)C(c2ccc(Cl)cc2)N1. The van der Waals surface area contributed by atoms with E-state index in [1.54, 1.807) is 11.8 Å². The van der Waals surface area contributed by atoms with Gasteiger partial charge in [-0.05, 0) is 41.6 Å². The van der Waals surface area contributed by atoms with Crippen LogP contribution in [0.1, 0.15) is 23.2 Å². The summed E-state index contributed by atoms with van der Waals surface area (Å²) in [4.78, 5) is 4.78. The van der Waals surface area contributed by atoms with Gasteiger partial charge in [0, 0.05) is 10.0 Å². The standard InChI is InChI=1S/C16H14Cl2N2S/c1-21-16-19-14(10-2-6-12(17)7-3-10)15(20-16)11-4-8-13(18)9-5-11/h2-9,14-15H,1H3,(H,19,20). The van der Waals surface area contributed by atoms with Crippen molar-refractivity contribution in [3.05, 3.63) is 69.7 Å². The first-order valence-electron chi connectivity index (χ1n) is 6.56. The number of nitrogens with one attached hydrogen (secondary N) is 1. The number of nitrogens with zero attached hydrogens (tertiary/aromatic N) is 1. The third-order valence-corrected chi connectivity index (χ3v) is 4.60. The van der Waals surface area contributed by atoms with Crippen LogP contribution in [-0.4, -0.2) is 11.4 Å². The van der Waals surface area contributed by atoms with Gasteiger partial charge in [-0.1, -0.05) is 59.2 Å². The molecule has 0 spiro atoms. The minimum absolute atomic E-state index is 0.0471. The molecule has 2 aromatic carbocycles. The molecule has 0 radical (unpaired) electrons. The highest BCUT2D eigenvalue weighted by molar-refractivity contribution is 8.13. The van der Waals surface area contributed by atoms with E-state index in [4.69, 9.17) is 28.2 Å². The molecule has 1 heterocycles. The summed E-state index contributed by atoms with van der Waals surface area (Å²) in [6, 6.07) is 15.9. The largest absolute Gasteiger partial charge is 0.356 e. The molecule has 0 fully saturated rings. The molecule has 0 saturated heterocycles. The van der Waals surface area contributed by atoms with Crippen molar-refractivity contribution >= 4 is 40.1 Å². The molecule has 2 nitrogen and oxygen atoms in total. The molecule has 3 rings (SSSR count). The third kappa shape index (κ3) is 3.20. The lowest BCUT2D eigenvalue weighted by molar-refractivity contribution is 0.573. The summed E-state index contributed by atoms with van der Waals surface area (Å²) >= 11 is 13.6. The number of halogens is 2. The molecule has 1 aliphatic rings. The van der Waals surface area contributed by atoms with Crippen LogP contribution in [0.5, 0.6) is 0 Å².